The van der Waals surface area contributed by atoms with E-state index in [-0.39, 0.29) is 47.2 Å². The molecular weight excluding hydrogens is 734 g/mol. The molecule has 0 radical (unpaired) electrons. The molecule has 4 aromatic carbocycles. The largest absolute Gasteiger partial charge is 0.505 e. The van der Waals surface area contributed by atoms with Crippen molar-refractivity contribution in [1.82, 2.24) is 9.21 Å². The summed E-state index contributed by atoms with van der Waals surface area (Å²) in [4.78, 5) is 15.6. The number of hydrogen-bond acceptors (Lipinski definition) is 4. The van der Waals surface area contributed by atoms with Gasteiger partial charge >= 0.3 is 6.03 Å². The van der Waals surface area contributed by atoms with Gasteiger partial charge < -0.3 is 10.0 Å². The lowest BCUT2D eigenvalue weighted by Crippen LogP contribution is -2.43. The summed E-state index contributed by atoms with van der Waals surface area (Å²) in [6.45, 7) is 3.14. The molecule has 0 aliphatic heterocycles. The van der Waals surface area contributed by atoms with Gasteiger partial charge in [-0.15, -0.1) is 0 Å². The van der Waals surface area contributed by atoms with Crippen molar-refractivity contribution in [2.24, 2.45) is 5.92 Å². The highest BCUT2D eigenvalue weighted by atomic mass is 35.5. The van der Waals surface area contributed by atoms with Crippen LogP contribution in [0.15, 0.2) is 114 Å². The summed E-state index contributed by atoms with van der Waals surface area (Å²) in [5, 5.41) is 10.4. The zero-order valence-electron chi connectivity index (χ0n) is 28.7. The Kier molecular flexibility index (Phi) is 12.1. The van der Waals surface area contributed by atoms with Crippen LogP contribution in [-0.2, 0) is 23.1 Å². The Morgan fingerprint density at radius 2 is 1.56 bits per heavy atom. The van der Waals surface area contributed by atoms with Crippen molar-refractivity contribution < 1.29 is 31.5 Å². The predicted octanol–water partition coefficient (Wildman–Crippen LogP) is 9.50. The number of nitrogens with zero attached hydrogens (tertiary/aromatic N) is 3. The van der Waals surface area contributed by atoms with E-state index < -0.39 is 50.5 Å². The molecule has 0 fully saturated rings. The molecule has 0 saturated heterocycles. The van der Waals surface area contributed by atoms with Gasteiger partial charge in [0, 0.05) is 43.7 Å². The molecule has 13 heteroatoms. The summed E-state index contributed by atoms with van der Waals surface area (Å²) in [7, 11) is -3.27. The van der Waals surface area contributed by atoms with Crippen LogP contribution in [0.1, 0.15) is 36.5 Å². The lowest BCUT2D eigenvalue weighted by molar-refractivity contribution is 0.195. The van der Waals surface area contributed by atoms with E-state index in [4.69, 9.17) is 23.2 Å². The second-order valence-corrected chi connectivity index (χ2v) is 15.9. The predicted molar refractivity (Wildman–Crippen MR) is 199 cm³/mol. The summed E-state index contributed by atoms with van der Waals surface area (Å²) in [5.74, 6) is -2.39. The van der Waals surface area contributed by atoms with Gasteiger partial charge in [0.25, 0.3) is 0 Å². The first-order chi connectivity index (χ1) is 24.6. The Balaban J connectivity index is 1.46. The van der Waals surface area contributed by atoms with Gasteiger partial charge in [-0.05, 0) is 59.0 Å². The van der Waals surface area contributed by atoms with Gasteiger partial charge in [-0.1, -0.05) is 104 Å². The average molecular weight is 773 g/mol. The number of anilines is 1. The van der Waals surface area contributed by atoms with E-state index in [9.17, 15) is 27.1 Å². The van der Waals surface area contributed by atoms with Crippen LogP contribution in [0.3, 0.4) is 0 Å². The number of amides is 2. The molecule has 5 rings (SSSR count). The summed E-state index contributed by atoms with van der Waals surface area (Å²) in [6, 6.07) is 20.7. The van der Waals surface area contributed by atoms with Gasteiger partial charge in [0.1, 0.15) is 16.5 Å². The minimum Gasteiger partial charge on any atom is -0.505 e. The van der Waals surface area contributed by atoms with Crippen LogP contribution in [0, 0.1) is 17.6 Å². The van der Waals surface area contributed by atoms with Gasteiger partial charge in [-0.25, -0.2) is 26.4 Å². The Hall–Kier alpha value is -4.29. The van der Waals surface area contributed by atoms with E-state index in [0.29, 0.717) is 11.1 Å². The SMILES string of the molecule is CC(C)CN(Cc1cccc(CN(CC2(F)C=CC(c3ccccc3)C=C2)S(=O)(=O)c2cc(Cl)cc(Cl)c2O)c1)C(=O)N(C)c1cc(F)ccc1F. The van der Waals surface area contributed by atoms with Crippen LogP contribution in [0.2, 0.25) is 10.0 Å². The highest BCUT2D eigenvalue weighted by Gasteiger charge is 2.37. The molecule has 0 spiro atoms. The van der Waals surface area contributed by atoms with Gasteiger partial charge in [-0.2, -0.15) is 4.31 Å². The van der Waals surface area contributed by atoms with E-state index >= 15 is 4.39 Å². The Bertz CT molecular complexity index is 2080. The summed E-state index contributed by atoms with van der Waals surface area (Å²) in [5.41, 5.74) is -0.452. The molecule has 1 N–H and O–H groups in total. The van der Waals surface area contributed by atoms with Crippen molar-refractivity contribution in [2.45, 2.75) is 43.4 Å². The summed E-state index contributed by atoms with van der Waals surface area (Å²) in [6.07, 6.45) is 5.98. The molecule has 0 unspecified atom stereocenters. The van der Waals surface area contributed by atoms with E-state index in [2.05, 4.69) is 0 Å². The Morgan fingerprint density at radius 3 is 2.21 bits per heavy atom. The van der Waals surface area contributed by atoms with E-state index in [1.54, 1.807) is 36.4 Å². The number of alkyl halides is 1. The number of rotatable bonds is 12. The molecule has 7 nitrogen and oxygen atoms in total. The van der Waals surface area contributed by atoms with Gasteiger partial charge in [0.05, 0.1) is 17.3 Å². The molecule has 0 bridgehead atoms. The number of urea groups is 1. The molecule has 0 heterocycles. The number of benzene rings is 4. The third-order valence-corrected chi connectivity index (χ3v) is 10.8. The molecule has 1 aliphatic carbocycles. The first kappa shape index (κ1) is 38.9. The number of phenols is 1. The maximum atomic E-state index is 16.6. The van der Waals surface area contributed by atoms with Crippen molar-refractivity contribution in [1.29, 1.82) is 0 Å². The molecular formula is C39H38Cl2F3N3O4S. The maximum Gasteiger partial charge on any atom is 0.324 e. The molecule has 52 heavy (non-hydrogen) atoms. The number of phenolic OH excluding ortho intramolecular Hbond substituents is 1. The number of carbonyl (C=O) groups is 1. The molecule has 274 valence electrons. The van der Waals surface area contributed by atoms with Crippen LogP contribution in [0.25, 0.3) is 0 Å². The Labute approximate surface area is 312 Å². The van der Waals surface area contributed by atoms with Crippen LogP contribution < -0.4 is 4.90 Å². The zero-order chi connectivity index (χ0) is 37.8. The first-order valence-corrected chi connectivity index (χ1v) is 18.6. The lowest BCUT2D eigenvalue weighted by Gasteiger charge is -2.31. The monoisotopic (exact) mass is 771 g/mol. The number of carbonyl (C=O) groups excluding carboxylic acids is 1. The molecule has 0 atom stereocenters. The Morgan fingerprint density at radius 1 is 0.904 bits per heavy atom. The fourth-order valence-corrected chi connectivity index (χ4v) is 8.19. The van der Waals surface area contributed by atoms with E-state index in [0.717, 1.165) is 39.0 Å². The van der Waals surface area contributed by atoms with Crippen molar-refractivity contribution in [2.75, 3.05) is 25.0 Å². The van der Waals surface area contributed by atoms with Crippen LogP contribution in [-0.4, -0.2) is 54.6 Å². The van der Waals surface area contributed by atoms with Crippen LogP contribution in [0.5, 0.6) is 5.75 Å². The minimum absolute atomic E-state index is 0.00885. The van der Waals surface area contributed by atoms with Crippen LogP contribution >= 0.6 is 23.2 Å². The summed E-state index contributed by atoms with van der Waals surface area (Å²) < 4.78 is 74.5. The smallest absolute Gasteiger partial charge is 0.324 e. The number of sulfonamides is 1. The first-order valence-electron chi connectivity index (χ1n) is 16.4. The van der Waals surface area contributed by atoms with Crippen molar-refractivity contribution in [3.8, 4) is 5.75 Å². The lowest BCUT2D eigenvalue weighted by atomic mass is 9.89. The highest BCUT2D eigenvalue weighted by Crippen LogP contribution is 2.38. The van der Waals surface area contributed by atoms with Crippen molar-refractivity contribution in [3.63, 3.8) is 0 Å². The van der Waals surface area contributed by atoms with Gasteiger partial charge in [0.2, 0.25) is 10.0 Å². The molecule has 4 aromatic rings. The number of halogens is 5. The third kappa shape index (κ3) is 9.19. The standard InChI is InChI=1S/C39H38Cl2F3N3O4S/c1-26(2)22-46(38(49)45(3)35-21-32(42)12-13-34(35)43)23-27-8-7-9-28(18-27)24-47(52(50,51)36-20-31(40)19-33(41)37(36)48)25-39(44)16-14-30(15-17-39)29-10-5-4-6-11-29/h4-21,26,30,48H,22-25H2,1-3H3. The highest BCUT2D eigenvalue weighted by molar-refractivity contribution is 7.89. The number of hydrogen-bond donors (Lipinski definition) is 1. The average Bonchev–Trinajstić information content (AvgIpc) is 3.10. The summed E-state index contributed by atoms with van der Waals surface area (Å²) >= 11 is 12.2. The normalized spacial score (nSPS) is 17.2. The van der Waals surface area contributed by atoms with Gasteiger partial charge in [0.15, 0.2) is 11.4 Å². The minimum atomic E-state index is -4.62. The van der Waals surface area contributed by atoms with E-state index in [1.807, 2.05) is 44.2 Å². The topological polar surface area (TPSA) is 81.2 Å². The molecule has 0 saturated carbocycles. The van der Waals surface area contributed by atoms with Crippen molar-refractivity contribution in [3.05, 3.63) is 148 Å². The van der Waals surface area contributed by atoms with Gasteiger partial charge in [-0.3, -0.25) is 4.90 Å². The molecule has 2 amide bonds. The molecule has 1 aliphatic rings. The molecule has 0 aromatic heterocycles. The third-order valence-electron chi connectivity index (χ3n) is 8.51. The second-order valence-electron chi connectivity index (χ2n) is 13.1. The van der Waals surface area contributed by atoms with Crippen LogP contribution in [0.4, 0.5) is 23.7 Å². The fourth-order valence-electron chi connectivity index (χ4n) is 5.98. The zero-order valence-corrected chi connectivity index (χ0v) is 31.0. The van der Waals surface area contributed by atoms with Crippen molar-refractivity contribution >= 4 is 44.9 Å². The van der Waals surface area contributed by atoms with E-state index in [1.165, 1.54) is 30.2 Å². The number of allylic oxidation sites excluding steroid dienone is 2. The number of aromatic hydroxyl groups is 1. The maximum absolute atomic E-state index is 16.6. The second kappa shape index (κ2) is 16.2. The fraction of sp³-hybridized carbons (Fsp3) is 0.256. The quantitative estimate of drug-likeness (QED) is 0.146.